The van der Waals surface area contributed by atoms with Gasteiger partial charge in [-0.1, -0.05) is 33.1 Å². The van der Waals surface area contributed by atoms with Crippen LogP contribution in [0.5, 0.6) is 0 Å². The predicted molar refractivity (Wildman–Crippen MR) is 54.0 cm³/mol. The minimum atomic E-state index is -0.296. The molecule has 4 N–H and O–H groups in total. The highest BCUT2D eigenvalue weighted by atomic mass is 16.2. The Kier molecular flexibility index (Phi) is 7.39. The predicted octanol–water partition coefficient (Wildman–Crippen LogP) is 1.38. The maximum absolute atomic E-state index is 10.8. The number of hydrogen-bond donors (Lipinski definition) is 3. The van der Waals surface area contributed by atoms with Crippen LogP contribution in [0.25, 0.3) is 0 Å². The smallest absolute Gasteiger partial charge is 0.328 e. The van der Waals surface area contributed by atoms with E-state index >= 15 is 0 Å². The Balaban J connectivity index is 3.52. The third-order valence-electron chi connectivity index (χ3n) is 2.23. The molecule has 0 heterocycles. The van der Waals surface area contributed by atoms with Gasteiger partial charge >= 0.3 is 6.03 Å². The molecule has 0 aliphatic rings. The second kappa shape index (κ2) is 7.86. The lowest BCUT2D eigenvalue weighted by molar-refractivity contribution is 0.238. The van der Waals surface area contributed by atoms with Crippen molar-refractivity contribution in [2.75, 3.05) is 6.54 Å². The molecule has 0 fully saturated rings. The molecule has 1 atom stereocenters. The topological polar surface area (TPSA) is 67.2 Å². The van der Waals surface area contributed by atoms with Crippen LogP contribution in [0, 0.1) is 5.92 Å². The molecular formula is C9H21N3O. The zero-order valence-electron chi connectivity index (χ0n) is 8.60. The maximum Gasteiger partial charge on any atom is 0.328 e. The molecule has 4 nitrogen and oxygen atoms in total. The average molecular weight is 187 g/mol. The van der Waals surface area contributed by atoms with Gasteiger partial charge in [-0.05, 0) is 12.3 Å². The average Bonchev–Trinajstić information content (AvgIpc) is 2.17. The van der Waals surface area contributed by atoms with E-state index in [2.05, 4.69) is 24.6 Å². The van der Waals surface area contributed by atoms with Crippen molar-refractivity contribution in [1.82, 2.24) is 10.7 Å². The van der Waals surface area contributed by atoms with Gasteiger partial charge in [-0.2, -0.15) is 0 Å². The van der Waals surface area contributed by atoms with E-state index in [1.807, 2.05) is 0 Å². The summed E-state index contributed by atoms with van der Waals surface area (Å²) < 4.78 is 0. The lowest BCUT2D eigenvalue weighted by atomic mass is 9.99. The van der Waals surface area contributed by atoms with E-state index in [1.54, 1.807) is 0 Å². The fraction of sp³-hybridized carbons (Fsp3) is 0.889. The molecule has 13 heavy (non-hydrogen) atoms. The minimum Gasteiger partial charge on any atom is -0.337 e. The summed E-state index contributed by atoms with van der Waals surface area (Å²) in [7, 11) is 0. The van der Waals surface area contributed by atoms with Crippen molar-refractivity contribution < 1.29 is 4.79 Å². The number of amides is 2. The highest BCUT2D eigenvalue weighted by molar-refractivity contribution is 5.72. The number of unbranched alkanes of at least 4 members (excludes halogenated alkanes) is 1. The number of carbonyl (C=O) groups is 1. The fourth-order valence-electron chi connectivity index (χ4n) is 1.23. The molecule has 0 bridgehead atoms. The Morgan fingerprint density at radius 2 is 2.15 bits per heavy atom. The molecule has 0 saturated heterocycles. The molecule has 78 valence electrons. The Bertz CT molecular complexity index is 139. The summed E-state index contributed by atoms with van der Waals surface area (Å²) in [4.78, 5) is 10.8. The van der Waals surface area contributed by atoms with Crippen LogP contribution in [0.15, 0.2) is 0 Å². The van der Waals surface area contributed by atoms with Crippen LogP contribution in [-0.2, 0) is 0 Å². The van der Waals surface area contributed by atoms with Gasteiger partial charge in [0.1, 0.15) is 0 Å². The zero-order valence-corrected chi connectivity index (χ0v) is 8.60. The van der Waals surface area contributed by atoms with E-state index in [4.69, 9.17) is 5.84 Å². The number of nitrogens with one attached hydrogen (secondary N) is 2. The van der Waals surface area contributed by atoms with Gasteiger partial charge < -0.3 is 5.32 Å². The van der Waals surface area contributed by atoms with Gasteiger partial charge in [0.15, 0.2) is 0 Å². The first kappa shape index (κ1) is 12.2. The molecule has 0 saturated carbocycles. The summed E-state index contributed by atoms with van der Waals surface area (Å²) in [5.74, 6) is 5.52. The van der Waals surface area contributed by atoms with Crippen LogP contribution in [0.1, 0.15) is 39.5 Å². The van der Waals surface area contributed by atoms with Crippen LogP contribution >= 0.6 is 0 Å². The molecule has 0 aromatic heterocycles. The standard InChI is InChI=1S/C9H21N3O/c1-3-5-6-8(4-2)7-11-9(13)12-10/h8H,3-7,10H2,1-2H3,(H2,11,12,13). The van der Waals surface area contributed by atoms with Crippen LogP contribution in [0.4, 0.5) is 4.79 Å². The lowest BCUT2D eigenvalue weighted by Crippen LogP contribution is -2.41. The van der Waals surface area contributed by atoms with E-state index in [-0.39, 0.29) is 6.03 Å². The Morgan fingerprint density at radius 1 is 1.46 bits per heavy atom. The lowest BCUT2D eigenvalue weighted by Gasteiger charge is -2.14. The van der Waals surface area contributed by atoms with Crippen molar-refractivity contribution in [3.8, 4) is 0 Å². The van der Waals surface area contributed by atoms with E-state index in [9.17, 15) is 4.79 Å². The molecular weight excluding hydrogens is 166 g/mol. The molecule has 4 heteroatoms. The van der Waals surface area contributed by atoms with Crippen molar-refractivity contribution >= 4 is 6.03 Å². The van der Waals surface area contributed by atoms with E-state index in [0.717, 1.165) is 13.0 Å². The minimum absolute atomic E-state index is 0.296. The first-order valence-electron chi connectivity index (χ1n) is 4.99. The number of carbonyl (C=O) groups excluding carboxylic acids is 1. The molecule has 0 spiro atoms. The van der Waals surface area contributed by atoms with Gasteiger partial charge in [-0.15, -0.1) is 0 Å². The van der Waals surface area contributed by atoms with Crippen LogP contribution in [0.3, 0.4) is 0 Å². The van der Waals surface area contributed by atoms with Gasteiger partial charge in [0.2, 0.25) is 0 Å². The largest absolute Gasteiger partial charge is 0.337 e. The normalized spacial score (nSPS) is 12.2. The van der Waals surface area contributed by atoms with Crippen LogP contribution < -0.4 is 16.6 Å². The summed E-state index contributed by atoms with van der Waals surface area (Å²) in [5, 5.41) is 2.72. The highest BCUT2D eigenvalue weighted by Crippen LogP contribution is 2.10. The molecule has 0 rings (SSSR count). The van der Waals surface area contributed by atoms with Gasteiger partial charge in [-0.3, -0.25) is 5.43 Å². The second-order valence-electron chi connectivity index (χ2n) is 3.27. The number of hydrazine groups is 1. The van der Waals surface area contributed by atoms with Crippen LogP contribution in [-0.4, -0.2) is 12.6 Å². The van der Waals surface area contributed by atoms with Crippen molar-refractivity contribution in [3.63, 3.8) is 0 Å². The molecule has 0 aliphatic carbocycles. The molecule has 0 aromatic rings. The SMILES string of the molecule is CCCCC(CC)CNC(=O)NN. The van der Waals surface area contributed by atoms with Gasteiger partial charge in [0, 0.05) is 6.54 Å². The van der Waals surface area contributed by atoms with Gasteiger partial charge in [-0.25, -0.2) is 10.6 Å². The molecule has 1 unspecified atom stereocenters. The summed E-state index contributed by atoms with van der Waals surface area (Å²) in [6.45, 7) is 5.04. The fourth-order valence-corrected chi connectivity index (χ4v) is 1.23. The van der Waals surface area contributed by atoms with E-state index < -0.39 is 0 Å². The monoisotopic (exact) mass is 187 g/mol. The third kappa shape index (κ3) is 6.40. The van der Waals surface area contributed by atoms with Crippen molar-refractivity contribution in [1.29, 1.82) is 0 Å². The third-order valence-corrected chi connectivity index (χ3v) is 2.23. The molecule has 2 amide bonds. The number of rotatable bonds is 6. The molecule has 0 aliphatic heterocycles. The summed E-state index contributed by atoms with van der Waals surface area (Å²) in [6.07, 6.45) is 4.71. The van der Waals surface area contributed by atoms with Gasteiger partial charge in [0.05, 0.1) is 0 Å². The zero-order chi connectivity index (χ0) is 10.1. The Morgan fingerprint density at radius 3 is 2.62 bits per heavy atom. The Hall–Kier alpha value is -0.770. The second-order valence-corrected chi connectivity index (χ2v) is 3.27. The molecule has 0 radical (unpaired) electrons. The number of urea groups is 1. The highest BCUT2D eigenvalue weighted by Gasteiger charge is 2.06. The summed E-state index contributed by atoms with van der Waals surface area (Å²) in [5.41, 5.74) is 2.05. The van der Waals surface area contributed by atoms with Crippen molar-refractivity contribution in [3.05, 3.63) is 0 Å². The maximum atomic E-state index is 10.8. The number of hydrogen-bond acceptors (Lipinski definition) is 2. The first-order chi connectivity index (χ1) is 6.24. The first-order valence-corrected chi connectivity index (χ1v) is 4.99. The van der Waals surface area contributed by atoms with Crippen molar-refractivity contribution in [2.45, 2.75) is 39.5 Å². The summed E-state index contributed by atoms with van der Waals surface area (Å²) >= 11 is 0. The van der Waals surface area contributed by atoms with E-state index in [0.29, 0.717) is 5.92 Å². The van der Waals surface area contributed by atoms with Crippen LogP contribution in [0.2, 0.25) is 0 Å². The molecule has 0 aromatic carbocycles. The van der Waals surface area contributed by atoms with E-state index in [1.165, 1.54) is 19.3 Å². The summed E-state index contributed by atoms with van der Waals surface area (Å²) in [6, 6.07) is -0.296. The van der Waals surface area contributed by atoms with Gasteiger partial charge in [0.25, 0.3) is 0 Å². The number of nitrogens with two attached hydrogens (primary N) is 1. The quantitative estimate of drug-likeness (QED) is 0.334. The van der Waals surface area contributed by atoms with Crippen molar-refractivity contribution in [2.24, 2.45) is 11.8 Å². The Labute approximate surface area is 80.2 Å².